The van der Waals surface area contributed by atoms with Crippen molar-refractivity contribution in [3.63, 3.8) is 0 Å². The van der Waals surface area contributed by atoms with Gasteiger partial charge in [-0.3, -0.25) is 0 Å². The molecule has 2 aliphatic carbocycles. The fourth-order valence-corrected chi connectivity index (χ4v) is 1.19. The van der Waals surface area contributed by atoms with Gasteiger partial charge in [0.2, 0.25) is 0 Å². The number of hydrogen-bond donors (Lipinski definition) is 2. The van der Waals surface area contributed by atoms with Crippen LogP contribution < -0.4 is 0 Å². The second kappa shape index (κ2) is 56.4. The van der Waals surface area contributed by atoms with Crippen molar-refractivity contribution < 1.29 is 53.3 Å². The summed E-state index contributed by atoms with van der Waals surface area (Å²) in [7, 11) is 0. The largest absolute Gasteiger partial charge is 0.0802 e. The van der Waals surface area contributed by atoms with Crippen molar-refractivity contribution in [1.29, 1.82) is 11.2 Å². The van der Waals surface area contributed by atoms with Gasteiger partial charge in [-0.1, -0.05) is 23.3 Å². The van der Waals surface area contributed by atoms with Gasteiger partial charge in [-0.15, -0.1) is 0 Å². The van der Waals surface area contributed by atoms with Crippen molar-refractivity contribution in [2.75, 3.05) is 0 Å². The first-order chi connectivity index (χ1) is 11.9. The van der Waals surface area contributed by atoms with E-state index in [4.69, 9.17) is 28.4 Å². The van der Waals surface area contributed by atoms with Crippen molar-refractivity contribution >= 4 is 0 Å². The van der Waals surface area contributed by atoms with Crippen molar-refractivity contribution in [1.82, 2.24) is 0 Å². The Kier molecular flexibility index (Phi) is 96.4. The number of nitroso groups, excluding NO2 is 2. The van der Waals surface area contributed by atoms with Gasteiger partial charge < -0.3 is 0 Å². The molecule has 26 heavy (non-hydrogen) atoms. The summed E-state index contributed by atoms with van der Waals surface area (Å²) in [6.07, 6.45) is 20.8. The monoisotopic (exact) mass is 432 g/mol. The molecule has 0 atom stereocenters. The average Bonchev–Trinajstić information content (AvgIpc) is 3.44. The Balaban J connectivity index is -0.0000000448. The summed E-state index contributed by atoms with van der Waals surface area (Å²) in [5, 5.41) is 0. The predicted octanol–water partition coefficient (Wildman–Crippen LogP) is 2.86. The second-order valence-electron chi connectivity index (χ2n) is 2.77. The maximum Gasteiger partial charge on any atom is 0.00469 e. The first-order valence-corrected chi connectivity index (χ1v) is 5.29. The SMILES string of the molecule is N=O.N=O.[C-]#[O+].[C-]#[O+].[C-]#[O+].[C-]#[O+].[CH]1[CH][CH][C](/C=C/[C]2[CH][CH][CH][CH]2)[CH]1.[Cr].[Cr]. The molecule has 10 radical (unpaired) electrons. The molecule has 2 saturated carbocycles. The Bertz CT molecular complexity index is 293. The molecule has 0 unspecified atom stereocenters. The Morgan fingerprint density at radius 3 is 0.846 bits per heavy atom. The third-order valence-electron chi connectivity index (χ3n) is 1.85. The second-order valence-corrected chi connectivity index (χ2v) is 2.77. The zero-order valence-corrected chi connectivity index (χ0v) is 15.6. The molecule has 2 N–H and O–H groups in total. The van der Waals surface area contributed by atoms with E-state index in [1.165, 1.54) is 11.8 Å². The first-order valence-electron chi connectivity index (χ1n) is 5.29. The molecule has 8 nitrogen and oxygen atoms in total. The van der Waals surface area contributed by atoms with E-state index in [0.29, 0.717) is 0 Å². The zero-order chi connectivity index (χ0) is 20.2. The van der Waals surface area contributed by atoms with E-state index in [0.717, 1.165) is 0 Å². The minimum absolute atomic E-state index is 0. The Labute approximate surface area is 176 Å². The van der Waals surface area contributed by atoms with Crippen LogP contribution in [0.25, 0.3) is 0 Å². The molecule has 0 amide bonds. The van der Waals surface area contributed by atoms with Gasteiger partial charge in [0, 0.05) is 46.6 Å². The Morgan fingerprint density at radius 2 is 0.692 bits per heavy atom. The van der Waals surface area contributed by atoms with Gasteiger partial charge in [0.25, 0.3) is 0 Å². The summed E-state index contributed by atoms with van der Waals surface area (Å²) in [6, 6.07) is 0. The molecule has 0 aliphatic heterocycles. The van der Waals surface area contributed by atoms with E-state index in [2.05, 4.69) is 75.6 Å². The van der Waals surface area contributed by atoms with Gasteiger partial charge in [0.15, 0.2) is 0 Å². The molecule has 2 aliphatic rings. The van der Waals surface area contributed by atoms with Crippen LogP contribution >= 0.6 is 0 Å². The number of nitrogens with one attached hydrogen (secondary N) is 2. The third kappa shape index (κ3) is 34.3. The van der Waals surface area contributed by atoms with E-state index in [-0.39, 0.29) is 34.7 Å². The maximum absolute atomic E-state index is 7.50. The minimum Gasteiger partial charge on any atom is -0.0802 e. The van der Waals surface area contributed by atoms with Crippen LogP contribution in [0.3, 0.4) is 0 Å². The van der Waals surface area contributed by atoms with E-state index in [9.17, 15) is 0 Å². The molecular formula is C16H12Cr2N2O6. The summed E-state index contributed by atoms with van der Waals surface area (Å²) in [5.41, 5.74) is 9.00. The van der Waals surface area contributed by atoms with E-state index >= 15 is 0 Å². The Hall–Kier alpha value is -1.04. The minimum atomic E-state index is 0. The molecule has 0 spiro atoms. The van der Waals surface area contributed by atoms with Crippen molar-refractivity contribution in [3.05, 3.63) is 112 Å². The van der Waals surface area contributed by atoms with Gasteiger partial charge in [0.05, 0.1) is 0 Å². The van der Waals surface area contributed by atoms with Crippen LogP contribution in [0.2, 0.25) is 0 Å². The summed E-state index contributed by atoms with van der Waals surface area (Å²) in [4.78, 5) is 15.0. The van der Waals surface area contributed by atoms with Crippen LogP contribution in [-0.2, 0) is 53.3 Å². The predicted molar refractivity (Wildman–Crippen MR) is 77.9 cm³/mol. The van der Waals surface area contributed by atoms with Crippen LogP contribution in [0.5, 0.6) is 0 Å². The van der Waals surface area contributed by atoms with Gasteiger partial charge in [-0.05, 0) is 51.4 Å². The number of rotatable bonds is 2. The normalized spacial score (nSPS) is 13.4. The van der Waals surface area contributed by atoms with Gasteiger partial charge in [0.1, 0.15) is 0 Å². The summed E-state index contributed by atoms with van der Waals surface area (Å²) in [5.74, 6) is 2.52. The van der Waals surface area contributed by atoms with Crippen LogP contribution in [-0.4, -0.2) is 0 Å². The molecule has 0 bridgehead atoms. The van der Waals surface area contributed by atoms with Crippen molar-refractivity contribution in [2.24, 2.45) is 0 Å². The Morgan fingerprint density at radius 1 is 0.538 bits per heavy atom. The summed E-state index contributed by atoms with van der Waals surface area (Å²) < 4.78 is 30.0. The topological polar surface area (TPSA) is 161 Å². The average molecular weight is 432 g/mol. The smallest absolute Gasteiger partial charge is 0.00469 e. The molecule has 0 saturated heterocycles. The molecule has 2 rings (SSSR count). The van der Waals surface area contributed by atoms with Crippen LogP contribution in [0, 0.1) is 111 Å². The van der Waals surface area contributed by atoms with E-state index in [1.807, 2.05) is 25.7 Å². The summed E-state index contributed by atoms with van der Waals surface area (Å²) >= 11 is 0. The molecule has 0 aromatic heterocycles. The molecule has 10 heteroatoms. The molecule has 2 fully saturated rings. The van der Waals surface area contributed by atoms with E-state index in [1.54, 1.807) is 0 Å². The van der Waals surface area contributed by atoms with Gasteiger partial charge in [-0.25, -0.2) is 0 Å². The fourth-order valence-electron chi connectivity index (χ4n) is 1.19. The third-order valence-corrected chi connectivity index (χ3v) is 1.85. The molecule has 0 aromatic carbocycles. The van der Waals surface area contributed by atoms with Gasteiger partial charge in [-0.2, -0.15) is 9.81 Å². The molecule has 0 heterocycles. The molecule has 134 valence electrons. The standard InChI is InChI=1S/C12H10.4CO.2Cr.2HNO/c1-2-6-11(5-1)9-10-12-7-3-4-8-12;4*1-2;;;2*1-2/h1-10H;;;;;;;2*1H/b10-9+;;;;;;;;. The molecular weight excluding hydrogens is 420 g/mol. The van der Waals surface area contributed by atoms with Crippen LogP contribution in [0.15, 0.2) is 12.2 Å². The number of hydrogen-bond acceptors (Lipinski definition) is 4. The zero-order valence-electron chi connectivity index (χ0n) is 13.0. The first kappa shape index (κ1) is 44.4. The van der Waals surface area contributed by atoms with E-state index < -0.39 is 0 Å². The van der Waals surface area contributed by atoms with Gasteiger partial charge >= 0.3 is 45.2 Å². The van der Waals surface area contributed by atoms with Crippen LogP contribution in [0.4, 0.5) is 0 Å². The molecule has 0 aromatic rings. The maximum atomic E-state index is 7.50. The van der Waals surface area contributed by atoms with Crippen molar-refractivity contribution in [3.8, 4) is 0 Å². The fraction of sp³-hybridized carbons (Fsp3) is 0. The quantitative estimate of drug-likeness (QED) is 0.390. The van der Waals surface area contributed by atoms with Crippen LogP contribution in [0.1, 0.15) is 0 Å². The summed E-state index contributed by atoms with van der Waals surface area (Å²) in [6.45, 7) is 18.0. The van der Waals surface area contributed by atoms with Crippen molar-refractivity contribution in [2.45, 2.75) is 0 Å². The number of allylic oxidation sites excluding steroid dienone is 2.